The molecule has 1 aromatic carbocycles. The molecular weight excluding hydrogens is 310 g/mol. The minimum absolute atomic E-state index is 0.0910. The van der Waals surface area contributed by atoms with Gasteiger partial charge in [-0.15, -0.1) is 11.3 Å². The number of benzene rings is 1. The molecule has 23 heavy (non-hydrogen) atoms. The lowest BCUT2D eigenvalue weighted by Crippen LogP contribution is -2.10. The second kappa shape index (κ2) is 8.02. The van der Waals surface area contributed by atoms with Gasteiger partial charge in [-0.05, 0) is 44.0 Å². The highest BCUT2D eigenvalue weighted by molar-refractivity contribution is 7.14. The quantitative estimate of drug-likeness (QED) is 0.801. The van der Waals surface area contributed by atoms with Crippen LogP contribution in [-0.2, 0) is 6.42 Å². The summed E-state index contributed by atoms with van der Waals surface area (Å²) in [6.07, 6.45) is 2.08. The molecule has 0 saturated heterocycles. The number of carbonyl (C=O) groups is 1. The molecule has 0 bridgehead atoms. The van der Waals surface area contributed by atoms with Crippen LogP contribution in [0.2, 0.25) is 0 Å². The van der Waals surface area contributed by atoms with Gasteiger partial charge in [0, 0.05) is 16.6 Å². The standard InChI is InChI=1S/C18H23NO3S/c1-5-7-13-10-17(23-12(13)3)18(20)19-14-8-9-15(22-6-2)16(11-14)21-4/h8-11H,5-7H2,1-4H3,(H,19,20). The van der Waals surface area contributed by atoms with Crippen molar-refractivity contribution < 1.29 is 14.3 Å². The third-order valence-corrected chi connectivity index (χ3v) is 4.58. The van der Waals surface area contributed by atoms with Gasteiger partial charge in [-0.3, -0.25) is 4.79 Å². The minimum Gasteiger partial charge on any atom is -0.493 e. The summed E-state index contributed by atoms with van der Waals surface area (Å²) in [4.78, 5) is 14.4. The fraction of sp³-hybridized carbons (Fsp3) is 0.389. The molecule has 2 aromatic rings. The fourth-order valence-corrected chi connectivity index (χ4v) is 3.33. The Kier molecular flexibility index (Phi) is 6.04. The molecule has 0 spiro atoms. The van der Waals surface area contributed by atoms with Crippen LogP contribution in [0.25, 0.3) is 0 Å². The van der Waals surface area contributed by atoms with Gasteiger partial charge in [0.15, 0.2) is 11.5 Å². The van der Waals surface area contributed by atoms with Crippen molar-refractivity contribution in [1.82, 2.24) is 0 Å². The molecule has 0 unspecified atom stereocenters. The lowest BCUT2D eigenvalue weighted by Gasteiger charge is -2.11. The maximum absolute atomic E-state index is 12.4. The van der Waals surface area contributed by atoms with E-state index in [2.05, 4.69) is 19.2 Å². The minimum atomic E-state index is -0.0910. The van der Waals surface area contributed by atoms with Crippen molar-refractivity contribution >= 4 is 22.9 Å². The first-order valence-corrected chi connectivity index (χ1v) is 8.62. The first-order valence-electron chi connectivity index (χ1n) is 7.80. The normalized spacial score (nSPS) is 10.4. The van der Waals surface area contributed by atoms with E-state index in [1.807, 2.05) is 19.1 Å². The Bertz CT molecular complexity index is 679. The molecular formula is C18H23NO3S. The van der Waals surface area contributed by atoms with Crippen LogP contribution >= 0.6 is 11.3 Å². The topological polar surface area (TPSA) is 47.6 Å². The average Bonchev–Trinajstić information content (AvgIpc) is 2.90. The fourth-order valence-electron chi connectivity index (χ4n) is 2.36. The molecule has 1 N–H and O–H groups in total. The molecule has 0 aliphatic rings. The van der Waals surface area contributed by atoms with E-state index in [0.717, 1.165) is 17.7 Å². The van der Waals surface area contributed by atoms with Crippen LogP contribution in [0.1, 0.15) is 40.4 Å². The smallest absolute Gasteiger partial charge is 0.265 e. The summed E-state index contributed by atoms with van der Waals surface area (Å²) in [5.74, 6) is 1.19. The van der Waals surface area contributed by atoms with Crippen LogP contribution in [-0.4, -0.2) is 19.6 Å². The summed E-state index contributed by atoms with van der Waals surface area (Å²) in [7, 11) is 1.59. The van der Waals surface area contributed by atoms with Crippen LogP contribution in [0.3, 0.4) is 0 Å². The van der Waals surface area contributed by atoms with E-state index in [1.165, 1.54) is 21.8 Å². The van der Waals surface area contributed by atoms with Crippen molar-refractivity contribution in [1.29, 1.82) is 0 Å². The van der Waals surface area contributed by atoms with Crippen molar-refractivity contribution in [3.63, 3.8) is 0 Å². The summed E-state index contributed by atoms with van der Waals surface area (Å²) >= 11 is 1.53. The number of anilines is 1. The van der Waals surface area contributed by atoms with E-state index in [-0.39, 0.29) is 5.91 Å². The molecule has 0 fully saturated rings. The molecule has 5 heteroatoms. The van der Waals surface area contributed by atoms with Crippen LogP contribution < -0.4 is 14.8 Å². The highest BCUT2D eigenvalue weighted by Gasteiger charge is 2.13. The number of rotatable bonds is 7. The van der Waals surface area contributed by atoms with Gasteiger partial charge in [-0.25, -0.2) is 0 Å². The highest BCUT2D eigenvalue weighted by Crippen LogP contribution is 2.31. The zero-order valence-electron chi connectivity index (χ0n) is 14.1. The number of nitrogens with one attached hydrogen (secondary N) is 1. The van der Waals surface area contributed by atoms with Gasteiger partial charge in [0.1, 0.15) is 0 Å². The number of ether oxygens (including phenoxy) is 2. The maximum atomic E-state index is 12.4. The lowest BCUT2D eigenvalue weighted by atomic mass is 10.1. The van der Waals surface area contributed by atoms with Crippen molar-refractivity contribution in [2.75, 3.05) is 19.0 Å². The van der Waals surface area contributed by atoms with E-state index in [9.17, 15) is 4.79 Å². The van der Waals surface area contributed by atoms with Crippen molar-refractivity contribution in [2.24, 2.45) is 0 Å². The SMILES string of the molecule is CCCc1cc(C(=O)Nc2ccc(OCC)c(OC)c2)sc1C. The predicted octanol–water partition coefficient (Wildman–Crippen LogP) is 4.67. The average molecular weight is 333 g/mol. The molecule has 1 heterocycles. The molecule has 0 saturated carbocycles. The number of hydrogen-bond donors (Lipinski definition) is 1. The Morgan fingerprint density at radius 3 is 2.65 bits per heavy atom. The predicted molar refractivity (Wildman–Crippen MR) is 95.2 cm³/mol. The van der Waals surface area contributed by atoms with Gasteiger partial charge in [-0.1, -0.05) is 13.3 Å². The molecule has 1 aromatic heterocycles. The second-order valence-corrected chi connectivity index (χ2v) is 6.45. The van der Waals surface area contributed by atoms with Gasteiger partial charge in [0.25, 0.3) is 5.91 Å². The van der Waals surface area contributed by atoms with Gasteiger partial charge in [0.05, 0.1) is 18.6 Å². The summed E-state index contributed by atoms with van der Waals surface area (Å²) in [6.45, 7) is 6.69. The Labute approximate surface area is 141 Å². The van der Waals surface area contributed by atoms with Crippen molar-refractivity contribution in [2.45, 2.75) is 33.6 Å². The van der Waals surface area contributed by atoms with E-state index in [4.69, 9.17) is 9.47 Å². The first-order chi connectivity index (χ1) is 11.1. The van der Waals surface area contributed by atoms with Crippen LogP contribution in [0.4, 0.5) is 5.69 Å². The van der Waals surface area contributed by atoms with Crippen molar-refractivity contribution in [3.05, 3.63) is 39.6 Å². The van der Waals surface area contributed by atoms with Gasteiger partial charge in [0.2, 0.25) is 0 Å². The Balaban J connectivity index is 2.15. The summed E-state index contributed by atoms with van der Waals surface area (Å²) in [5, 5.41) is 2.92. The van der Waals surface area contributed by atoms with Crippen molar-refractivity contribution in [3.8, 4) is 11.5 Å². The molecule has 0 aliphatic carbocycles. The Morgan fingerprint density at radius 2 is 2.00 bits per heavy atom. The number of aryl methyl sites for hydroxylation is 2. The van der Waals surface area contributed by atoms with E-state index >= 15 is 0 Å². The zero-order chi connectivity index (χ0) is 16.8. The lowest BCUT2D eigenvalue weighted by molar-refractivity contribution is 0.103. The molecule has 2 rings (SSSR count). The Morgan fingerprint density at radius 1 is 1.22 bits per heavy atom. The van der Waals surface area contributed by atoms with Gasteiger partial charge in [-0.2, -0.15) is 0 Å². The van der Waals surface area contributed by atoms with Crippen LogP contribution in [0.5, 0.6) is 11.5 Å². The molecule has 0 atom stereocenters. The summed E-state index contributed by atoms with van der Waals surface area (Å²) < 4.78 is 10.8. The molecule has 4 nitrogen and oxygen atoms in total. The molecule has 1 amide bonds. The molecule has 0 aliphatic heterocycles. The Hall–Kier alpha value is -2.01. The monoisotopic (exact) mass is 333 g/mol. The van der Waals surface area contributed by atoms with Gasteiger partial charge < -0.3 is 14.8 Å². The van der Waals surface area contributed by atoms with Gasteiger partial charge >= 0.3 is 0 Å². The summed E-state index contributed by atoms with van der Waals surface area (Å²) in [6, 6.07) is 7.39. The van der Waals surface area contributed by atoms with E-state index < -0.39 is 0 Å². The van der Waals surface area contributed by atoms with Crippen LogP contribution in [0, 0.1) is 6.92 Å². The van der Waals surface area contributed by atoms with Crippen LogP contribution in [0.15, 0.2) is 24.3 Å². The number of amides is 1. The largest absolute Gasteiger partial charge is 0.493 e. The van der Waals surface area contributed by atoms with E-state index in [0.29, 0.717) is 23.8 Å². The number of carbonyl (C=O) groups excluding carboxylic acids is 1. The molecule has 0 radical (unpaired) electrons. The van der Waals surface area contributed by atoms with E-state index in [1.54, 1.807) is 19.2 Å². The number of hydrogen-bond acceptors (Lipinski definition) is 4. The molecule has 124 valence electrons. The second-order valence-electron chi connectivity index (χ2n) is 5.19. The highest BCUT2D eigenvalue weighted by atomic mass is 32.1. The number of thiophene rings is 1. The zero-order valence-corrected chi connectivity index (χ0v) is 14.9. The summed E-state index contributed by atoms with van der Waals surface area (Å²) in [5.41, 5.74) is 1.95. The third kappa shape index (κ3) is 4.26. The number of methoxy groups -OCH3 is 1. The first kappa shape index (κ1) is 17.3. The maximum Gasteiger partial charge on any atom is 0.265 e. The third-order valence-electron chi connectivity index (χ3n) is 3.49.